The van der Waals surface area contributed by atoms with Crippen LogP contribution < -0.4 is 5.73 Å². The molecule has 0 radical (unpaired) electrons. The summed E-state index contributed by atoms with van der Waals surface area (Å²) in [6.07, 6.45) is 6.58. The minimum absolute atomic E-state index is 0.00859. The second-order valence-corrected chi connectivity index (χ2v) is 5.79. The van der Waals surface area contributed by atoms with Gasteiger partial charge in [-0.05, 0) is 43.2 Å². The van der Waals surface area contributed by atoms with Crippen LogP contribution in [0.4, 0.5) is 0 Å². The van der Waals surface area contributed by atoms with E-state index in [1.807, 2.05) is 0 Å². The van der Waals surface area contributed by atoms with Crippen LogP contribution in [0.2, 0.25) is 5.02 Å². The van der Waals surface area contributed by atoms with Crippen molar-refractivity contribution in [3.05, 3.63) is 27.8 Å². The summed E-state index contributed by atoms with van der Waals surface area (Å²) in [6, 6.07) is 2.16. The summed E-state index contributed by atoms with van der Waals surface area (Å²) in [5.41, 5.74) is 9.37. The molecule has 0 aromatic heterocycles. The topological polar surface area (TPSA) is 46.2 Å². The van der Waals surface area contributed by atoms with Gasteiger partial charge in [0.05, 0.1) is 5.02 Å². The van der Waals surface area contributed by atoms with Crippen molar-refractivity contribution in [3.63, 3.8) is 0 Å². The smallest absolute Gasteiger partial charge is 0.138 e. The van der Waals surface area contributed by atoms with E-state index in [1.54, 1.807) is 0 Å². The van der Waals surface area contributed by atoms with E-state index in [4.69, 9.17) is 17.3 Å². The monoisotopic (exact) mass is 251 g/mol. The predicted octanol–water partition coefficient (Wildman–Crippen LogP) is 2.91. The molecule has 0 aliphatic heterocycles. The molecular weight excluding hydrogens is 234 g/mol. The van der Waals surface area contributed by atoms with Crippen molar-refractivity contribution in [2.45, 2.75) is 43.9 Å². The average Bonchev–Trinajstić information content (AvgIpc) is 2.72. The number of benzene rings is 1. The summed E-state index contributed by atoms with van der Waals surface area (Å²) in [7, 11) is 0. The van der Waals surface area contributed by atoms with E-state index in [9.17, 15) is 5.11 Å². The Labute approximate surface area is 107 Å². The normalized spacial score (nSPS) is 21.1. The molecule has 2 aliphatic carbocycles. The molecule has 3 heteroatoms. The van der Waals surface area contributed by atoms with E-state index in [2.05, 4.69) is 6.07 Å². The van der Waals surface area contributed by atoms with Crippen molar-refractivity contribution in [2.24, 2.45) is 5.73 Å². The van der Waals surface area contributed by atoms with Gasteiger partial charge in [0.15, 0.2) is 0 Å². The lowest BCUT2D eigenvalue weighted by molar-refractivity contribution is 0.245. The number of hydrogen-bond donors (Lipinski definition) is 2. The van der Waals surface area contributed by atoms with Crippen LogP contribution in [0.3, 0.4) is 0 Å². The van der Waals surface area contributed by atoms with Crippen LogP contribution in [0.5, 0.6) is 5.75 Å². The number of rotatable bonds is 2. The Morgan fingerprint density at radius 3 is 2.65 bits per heavy atom. The van der Waals surface area contributed by atoms with Crippen molar-refractivity contribution in [1.82, 2.24) is 0 Å². The number of aryl methyl sites for hydroxylation is 1. The van der Waals surface area contributed by atoms with Gasteiger partial charge in [0.25, 0.3) is 0 Å². The van der Waals surface area contributed by atoms with Crippen LogP contribution in [-0.4, -0.2) is 11.7 Å². The van der Waals surface area contributed by atoms with Crippen molar-refractivity contribution < 1.29 is 5.11 Å². The van der Waals surface area contributed by atoms with E-state index in [0.29, 0.717) is 11.6 Å². The maximum absolute atomic E-state index is 10.3. The first kappa shape index (κ1) is 11.4. The van der Waals surface area contributed by atoms with Crippen LogP contribution >= 0.6 is 11.6 Å². The molecule has 17 heavy (non-hydrogen) atoms. The molecule has 0 bridgehead atoms. The van der Waals surface area contributed by atoms with Gasteiger partial charge in [-0.25, -0.2) is 0 Å². The molecule has 3 rings (SSSR count). The minimum Gasteiger partial charge on any atom is -0.506 e. The maximum Gasteiger partial charge on any atom is 0.138 e. The third-order valence-electron chi connectivity index (χ3n) is 4.58. The van der Waals surface area contributed by atoms with Gasteiger partial charge < -0.3 is 10.8 Å². The zero-order chi connectivity index (χ0) is 12.0. The van der Waals surface area contributed by atoms with Crippen LogP contribution in [0.1, 0.15) is 42.4 Å². The molecule has 0 atom stereocenters. The summed E-state index contributed by atoms with van der Waals surface area (Å²) in [6.45, 7) is 0.607. The third kappa shape index (κ3) is 1.50. The lowest BCUT2D eigenvalue weighted by Gasteiger charge is -2.42. The first-order chi connectivity index (χ1) is 8.18. The number of fused-ring (bicyclic) bond motifs is 1. The molecule has 92 valence electrons. The summed E-state index contributed by atoms with van der Waals surface area (Å²) in [4.78, 5) is 0. The summed E-state index contributed by atoms with van der Waals surface area (Å²) in [5.74, 6) is 0.289. The molecule has 1 aromatic carbocycles. The Hall–Kier alpha value is -0.730. The second-order valence-electron chi connectivity index (χ2n) is 5.42. The quantitative estimate of drug-likeness (QED) is 0.849. The molecule has 0 spiro atoms. The molecule has 3 N–H and O–H groups in total. The summed E-state index contributed by atoms with van der Waals surface area (Å²) in [5, 5.41) is 10.9. The molecule has 2 nitrogen and oxygen atoms in total. The Bertz CT molecular complexity index is 460. The van der Waals surface area contributed by atoms with Gasteiger partial charge in [-0.1, -0.05) is 24.1 Å². The summed E-state index contributed by atoms with van der Waals surface area (Å²) >= 11 is 6.30. The second kappa shape index (κ2) is 3.89. The average molecular weight is 252 g/mol. The highest BCUT2D eigenvalue weighted by atomic mass is 35.5. The van der Waals surface area contributed by atoms with Crippen molar-refractivity contribution in [3.8, 4) is 5.75 Å². The zero-order valence-corrected chi connectivity index (χ0v) is 10.7. The van der Waals surface area contributed by atoms with E-state index in [0.717, 1.165) is 43.2 Å². The fraction of sp³-hybridized carbons (Fsp3) is 0.571. The zero-order valence-electron chi connectivity index (χ0n) is 9.93. The number of phenolic OH excluding ortho intramolecular Hbond substituents is 1. The third-order valence-corrected chi connectivity index (χ3v) is 4.99. The lowest BCUT2D eigenvalue weighted by atomic mass is 9.64. The molecule has 0 amide bonds. The Morgan fingerprint density at radius 1 is 1.29 bits per heavy atom. The van der Waals surface area contributed by atoms with E-state index in [1.165, 1.54) is 12.0 Å². The highest BCUT2D eigenvalue weighted by Crippen LogP contribution is 2.50. The SMILES string of the molecule is NCC1(c2cc3c(c(Cl)c2O)CCC3)CCC1. The van der Waals surface area contributed by atoms with E-state index in [-0.39, 0.29) is 11.2 Å². The van der Waals surface area contributed by atoms with Gasteiger partial charge in [0, 0.05) is 17.5 Å². The van der Waals surface area contributed by atoms with Gasteiger partial charge >= 0.3 is 0 Å². The lowest BCUT2D eigenvalue weighted by Crippen LogP contribution is -2.41. The van der Waals surface area contributed by atoms with Gasteiger partial charge in [-0.2, -0.15) is 0 Å². The first-order valence-electron chi connectivity index (χ1n) is 6.42. The molecule has 0 saturated heterocycles. The van der Waals surface area contributed by atoms with Gasteiger partial charge in [-0.3, -0.25) is 0 Å². The Kier molecular flexibility index (Phi) is 2.60. The largest absolute Gasteiger partial charge is 0.506 e. The van der Waals surface area contributed by atoms with Gasteiger partial charge in [0.2, 0.25) is 0 Å². The van der Waals surface area contributed by atoms with Crippen molar-refractivity contribution >= 4 is 11.6 Å². The number of nitrogens with two attached hydrogens (primary N) is 1. The molecule has 2 aliphatic rings. The molecule has 1 aromatic rings. The number of phenols is 1. The highest BCUT2D eigenvalue weighted by Gasteiger charge is 2.40. The molecule has 1 saturated carbocycles. The molecule has 0 unspecified atom stereocenters. The number of aromatic hydroxyl groups is 1. The molecule has 1 fully saturated rings. The summed E-state index contributed by atoms with van der Waals surface area (Å²) < 4.78 is 0. The van der Waals surface area contributed by atoms with Crippen molar-refractivity contribution in [1.29, 1.82) is 0 Å². The highest BCUT2D eigenvalue weighted by molar-refractivity contribution is 6.33. The van der Waals surface area contributed by atoms with Gasteiger partial charge in [-0.15, -0.1) is 0 Å². The predicted molar refractivity (Wildman–Crippen MR) is 69.7 cm³/mol. The molecule has 0 heterocycles. The maximum atomic E-state index is 10.3. The van der Waals surface area contributed by atoms with Crippen molar-refractivity contribution in [2.75, 3.05) is 6.54 Å². The number of hydrogen-bond acceptors (Lipinski definition) is 2. The minimum atomic E-state index is -0.00859. The first-order valence-corrected chi connectivity index (χ1v) is 6.79. The van der Waals surface area contributed by atoms with Gasteiger partial charge in [0.1, 0.15) is 5.75 Å². The van der Waals surface area contributed by atoms with Crippen LogP contribution in [0.15, 0.2) is 6.07 Å². The number of halogens is 1. The fourth-order valence-corrected chi connectivity index (χ4v) is 3.59. The van der Waals surface area contributed by atoms with Crippen LogP contribution in [0.25, 0.3) is 0 Å². The standard InChI is InChI=1S/C14H18ClNO/c15-12-10-4-1-3-9(10)7-11(13(12)17)14(8-16)5-2-6-14/h7,17H,1-6,8,16H2. The fourth-order valence-electron chi connectivity index (χ4n) is 3.27. The van der Waals surface area contributed by atoms with E-state index >= 15 is 0 Å². The van der Waals surface area contributed by atoms with Crippen LogP contribution in [-0.2, 0) is 18.3 Å². The van der Waals surface area contributed by atoms with E-state index < -0.39 is 0 Å². The Morgan fingerprint density at radius 2 is 2.06 bits per heavy atom. The molecular formula is C14H18ClNO. The van der Waals surface area contributed by atoms with Crippen LogP contribution in [0, 0.1) is 0 Å². The Balaban J connectivity index is 2.14.